The minimum absolute atomic E-state index is 0.334. The Morgan fingerprint density at radius 1 is 1.30 bits per heavy atom. The van der Waals surface area contributed by atoms with Gasteiger partial charge in [-0.25, -0.2) is 0 Å². The van der Waals surface area contributed by atoms with Crippen LogP contribution in [-0.2, 0) is 12.0 Å². The highest BCUT2D eigenvalue weighted by Crippen LogP contribution is 2.22. The maximum atomic E-state index is 10.5. The Kier molecular flexibility index (Phi) is 4.97. The largest absolute Gasteiger partial charge is 0.384 e. The summed E-state index contributed by atoms with van der Waals surface area (Å²) >= 11 is 1.62. The van der Waals surface area contributed by atoms with Crippen LogP contribution in [0.4, 0.5) is 0 Å². The van der Waals surface area contributed by atoms with Crippen LogP contribution in [-0.4, -0.2) is 17.7 Å². The number of hydrogen-bond donors (Lipinski definition) is 2. The zero-order valence-corrected chi connectivity index (χ0v) is 13.2. The monoisotopic (exact) mass is 289 g/mol. The summed E-state index contributed by atoms with van der Waals surface area (Å²) in [4.78, 5) is 0. The predicted octanol–water partition coefficient (Wildman–Crippen LogP) is 3.48. The summed E-state index contributed by atoms with van der Waals surface area (Å²) in [5.74, 6) is 0. The van der Waals surface area contributed by atoms with Crippen LogP contribution < -0.4 is 5.32 Å². The Morgan fingerprint density at radius 3 is 2.70 bits per heavy atom. The standard InChI is InChI=1S/C17H23NOS/c1-13-6-4-5-7-15(13)10-14(2)18-12-17(3,19)16-8-9-20-11-16/h4-9,11,14,18-19H,10,12H2,1-3H3. The van der Waals surface area contributed by atoms with Gasteiger partial charge in [0.15, 0.2) is 0 Å². The highest BCUT2D eigenvalue weighted by Gasteiger charge is 2.23. The third kappa shape index (κ3) is 3.92. The molecule has 20 heavy (non-hydrogen) atoms. The van der Waals surface area contributed by atoms with Gasteiger partial charge in [0.25, 0.3) is 0 Å². The number of benzene rings is 1. The summed E-state index contributed by atoms with van der Waals surface area (Å²) in [5.41, 5.74) is 2.87. The lowest BCUT2D eigenvalue weighted by molar-refractivity contribution is 0.0548. The second kappa shape index (κ2) is 6.53. The number of rotatable bonds is 6. The normalized spacial score (nSPS) is 15.8. The number of hydrogen-bond acceptors (Lipinski definition) is 3. The van der Waals surface area contributed by atoms with E-state index in [9.17, 15) is 5.11 Å². The lowest BCUT2D eigenvalue weighted by Crippen LogP contribution is -2.40. The van der Waals surface area contributed by atoms with Crippen molar-refractivity contribution < 1.29 is 5.11 Å². The van der Waals surface area contributed by atoms with Crippen LogP contribution in [0.15, 0.2) is 41.1 Å². The maximum absolute atomic E-state index is 10.5. The molecule has 2 unspecified atom stereocenters. The topological polar surface area (TPSA) is 32.3 Å². The molecule has 3 heteroatoms. The average Bonchev–Trinajstić information content (AvgIpc) is 2.94. The lowest BCUT2D eigenvalue weighted by Gasteiger charge is -2.25. The molecule has 0 aliphatic carbocycles. The van der Waals surface area contributed by atoms with Crippen molar-refractivity contribution in [1.29, 1.82) is 0 Å². The van der Waals surface area contributed by atoms with Crippen LogP contribution >= 0.6 is 11.3 Å². The van der Waals surface area contributed by atoms with Gasteiger partial charge in [0.1, 0.15) is 0 Å². The van der Waals surface area contributed by atoms with Crippen molar-refractivity contribution >= 4 is 11.3 Å². The van der Waals surface area contributed by atoms with Crippen molar-refractivity contribution in [2.24, 2.45) is 0 Å². The van der Waals surface area contributed by atoms with Crippen molar-refractivity contribution in [2.45, 2.75) is 38.8 Å². The summed E-state index contributed by atoms with van der Waals surface area (Å²) in [6, 6.07) is 10.8. The van der Waals surface area contributed by atoms with Crippen LogP contribution in [0.1, 0.15) is 30.5 Å². The van der Waals surface area contributed by atoms with Crippen molar-refractivity contribution in [3.8, 4) is 0 Å². The Bertz CT molecular complexity index is 534. The van der Waals surface area contributed by atoms with E-state index in [4.69, 9.17) is 0 Å². The van der Waals surface area contributed by atoms with E-state index in [0.29, 0.717) is 12.6 Å². The lowest BCUT2D eigenvalue weighted by atomic mass is 9.97. The predicted molar refractivity (Wildman–Crippen MR) is 86.2 cm³/mol. The van der Waals surface area contributed by atoms with E-state index in [-0.39, 0.29) is 0 Å². The van der Waals surface area contributed by atoms with Crippen LogP contribution in [0.5, 0.6) is 0 Å². The molecule has 1 aromatic carbocycles. The molecule has 1 heterocycles. The van der Waals surface area contributed by atoms with Crippen molar-refractivity contribution in [3.05, 3.63) is 57.8 Å². The van der Waals surface area contributed by atoms with E-state index in [0.717, 1.165) is 12.0 Å². The molecule has 0 bridgehead atoms. The fraction of sp³-hybridized carbons (Fsp3) is 0.412. The second-order valence-corrected chi connectivity index (χ2v) is 6.48. The van der Waals surface area contributed by atoms with E-state index >= 15 is 0 Å². The van der Waals surface area contributed by atoms with Crippen molar-refractivity contribution in [1.82, 2.24) is 5.32 Å². The first-order chi connectivity index (χ1) is 9.49. The second-order valence-electron chi connectivity index (χ2n) is 5.70. The van der Waals surface area contributed by atoms with Crippen molar-refractivity contribution in [2.75, 3.05) is 6.54 Å². The van der Waals surface area contributed by atoms with Crippen LogP contribution in [0.2, 0.25) is 0 Å². The van der Waals surface area contributed by atoms with Gasteiger partial charge < -0.3 is 10.4 Å². The van der Waals surface area contributed by atoms with E-state index in [2.05, 4.69) is 43.4 Å². The third-order valence-corrected chi connectivity index (χ3v) is 4.41. The highest BCUT2D eigenvalue weighted by molar-refractivity contribution is 7.08. The Morgan fingerprint density at radius 2 is 2.05 bits per heavy atom. The molecule has 2 nitrogen and oxygen atoms in total. The summed E-state index contributed by atoms with van der Waals surface area (Å²) in [5, 5.41) is 17.9. The fourth-order valence-corrected chi connectivity index (χ4v) is 3.07. The van der Waals surface area contributed by atoms with Gasteiger partial charge in [-0.05, 0) is 60.7 Å². The quantitative estimate of drug-likeness (QED) is 0.853. The van der Waals surface area contributed by atoms with E-state index in [1.54, 1.807) is 11.3 Å². The minimum atomic E-state index is -0.806. The third-order valence-electron chi connectivity index (χ3n) is 3.73. The summed E-state index contributed by atoms with van der Waals surface area (Å²) < 4.78 is 0. The molecule has 0 saturated heterocycles. The van der Waals surface area contributed by atoms with Crippen LogP contribution in [0, 0.1) is 6.92 Å². The van der Waals surface area contributed by atoms with E-state index in [1.165, 1.54) is 11.1 Å². The summed E-state index contributed by atoms with van der Waals surface area (Å²) in [7, 11) is 0. The van der Waals surface area contributed by atoms with Crippen molar-refractivity contribution in [3.63, 3.8) is 0 Å². The van der Waals surface area contributed by atoms with Crippen LogP contribution in [0.25, 0.3) is 0 Å². The van der Waals surface area contributed by atoms with E-state index < -0.39 is 5.60 Å². The SMILES string of the molecule is Cc1ccccc1CC(C)NCC(C)(O)c1ccsc1. The zero-order chi connectivity index (χ0) is 14.6. The van der Waals surface area contributed by atoms with Gasteiger partial charge in [0, 0.05) is 12.6 Å². The molecular weight excluding hydrogens is 266 g/mol. The summed E-state index contributed by atoms with van der Waals surface area (Å²) in [6.45, 7) is 6.74. The van der Waals surface area contributed by atoms with Gasteiger partial charge in [-0.3, -0.25) is 0 Å². The van der Waals surface area contributed by atoms with Gasteiger partial charge in [-0.15, -0.1) is 0 Å². The molecule has 0 fully saturated rings. The molecule has 0 saturated carbocycles. The molecule has 108 valence electrons. The van der Waals surface area contributed by atoms with Gasteiger partial charge >= 0.3 is 0 Å². The molecule has 0 aliphatic heterocycles. The Balaban J connectivity index is 1.89. The fourth-order valence-electron chi connectivity index (χ4n) is 2.29. The molecule has 0 amide bonds. The molecule has 0 radical (unpaired) electrons. The van der Waals surface area contributed by atoms with Gasteiger partial charge in [0.05, 0.1) is 5.60 Å². The molecule has 0 spiro atoms. The van der Waals surface area contributed by atoms with Crippen LogP contribution in [0.3, 0.4) is 0 Å². The number of aliphatic hydroxyl groups is 1. The summed E-state index contributed by atoms with van der Waals surface area (Å²) in [6.07, 6.45) is 0.979. The zero-order valence-electron chi connectivity index (χ0n) is 12.4. The smallest absolute Gasteiger partial charge is 0.1000 e. The van der Waals surface area contributed by atoms with Gasteiger partial charge in [-0.2, -0.15) is 11.3 Å². The Labute approximate surface area is 125 Å². The van der Waals surface area contributed by atoms with E-state index in [1.807, 2.05) is 23.8 Å². The molecule has 2 aromatic rings. The van der Waals surface area contributed by atoms with Gasteiger partial charge in [0.2, 0.25) is 0 Å². The maximum Gasteiger partial charge on any atom is 0.1000 e. The molecular formula is C17H23NOS. The molecule has 2 atom stereocenters. The first-order valence-corrected chi connectivity index (χ1v) is 7.96. The average molecular weight is 289 g/mol. The molecule has 0 aliphatic rings. The molecule has 2 rings (SSSR count). The first-order valence-electron chi connectivity index (χ1n) is 7.02. The molecule has 2 N–H and O–H groups in total. The molecule has 1 aromatic heterocycles. The first kappa shape index (κ1) is 15.2. The minimum Gasteiger partial charge on any atom is -0.384 e. The van der Waals surface area contributed by atoms with Gasteiger partial charge in [-0.1, -0.05) is 24.3 Å². The number of thiophene rings is 1. The highest BCUT2D eigenvalue weighted by atomic mass is 32.1. The number of aryl methyl sites for hydroxylation is 1. The Hall–Kier alpha value is -1.16. The number of nitrogens with one attached hydrogen (secondary N) is 1.